The quantitative estimate of drug-likeness (QED) is 0.652. The van der Waals surface area contributed by atoms with Gasteiger partial charge in [-0.1, -0.05) is 36.4 Å². The van der Waals surface area contributed by atoms with Crippen molar-refractivity contribution in [1.82, 2.24) is 4.40 Å². The van der Waals surface area contributed by atoms with E-state index in [2.05, 4.69) is 0 Å². The predicted octanol–water partition coefficient (Wildman–Crippen LogP) is 3.53. The molecule has 0 aliphatic rings. The van der Waals surface area contributed by atoms with Crippen molar-refractivity contribution in [2.24, 2.45) is 0 Å². The number of ether oxygens (including phenoxy) is 1. The molecule has 94 valence electrons. The van der Waals surface area contributed by atoms with Gasteiger partial charge in [0.15, 0.2) is 5.75 Å². The van der Waals surface area contributed by atoms with Gasteiger partial charge in [-0.25, -0.2) is 0 Å². The van der Waals surface area contributed by atoms with E-state index in [1.807, 2.05) is 65.3 Å². The zero-order valence-corrected chi connectivity index (χ0v) is 10.5. The minimum Gasteiger partial charge on any atom is -0.424 e. The Labute approximate surface area is 111 Å². The molecule has 0 N–H and O–H groups in total. The molecular formula is C16H13NO2. The number of pyridine rings is 1. The van der Waals surface area contributed by atoms with Crippen LogP contribution in [0.25, 0.3) is 16.6 Å². The number of carbonyl (C=O) groups excluding carboxylic acids is 1. The largest absolute Gasteiger partial charge is 0.424 e. The maximum Gasteiger partial charge on any atom is 0.308 e. The fraction of sp³-hybridized carbons (Fsp3) is 0.0625. The molecule has 0 radical (unpaired) electrons. The molecular weight excluding hydrogens is 238 g/mol. The molecule has 3 aromatic rings. The van der Waals surface area contributed by atoms with Gasteiger partial charge in [-0.3, -0.25) is 4.79 Å². The van der Waals surface area contributed by atoms with Crippen LogP contribution in [0.5, 0.6) is 5.75 Å². The van der Waals surface area contributed by atoms with Crippen molar-refractivity contribution >= 4 is 11.5 Å². The van der Waals surface area contributed by atoms with Crippen molar-refractivity contribution in [3.63, 3.8) is 0 Å². The van der Waals surface area contributed by atoms with E-state index in [1.165, 1.54) is 6.92 Å². The zero-order chi connectivity index (χ0) is 13.2. The van der Waals surface area contributed by atoms with Gasteiger partial charge in [0.1, 0.15) is 0 Å². The van der Waals surface area contributed by atoms with Crippen LogP contribution in [0.3, 0.4) is 0 Å². The highest BCUT2D eigenvalue weighted by Crippen LogP contribution is 2.35. The van der Waals surface area contributed by atoms with E-state index in [4.69, 9.17) is 4.74 Å². The third kappa shape index (κ3) is 2.10. The summed E-state index contributed by atoms with van der Waals surface area (Å²) in [6.45, 7) is 1.41. The number of benzene rings is 1. The minimum atomic E-state index is -0.312. The summed E-state index contributed by atoms with van der Waals surface area (Å²) in [6.07, 6.45) is 3.77. The number of hydrogen-bond acceptors (Lipinski definition) is 2. The summed E-state index contributed by atoms with van der Waals surface area (Å²) >= 11 is 0. The van der Waals surface area contributed by atoms with Crippen LogP contribution in [-0.4, -0.2) is 10.4 Å². The second kappa shape index (κ2) is 4.61. The molecule has 0 atom stereocenters. The minimum absolute atomic E-state index is 0.312. The first-order valence-electron chi connectivity index (χ1n) is 6.09. The fourth-order valence-corrected chi connectivity index (χ4v) is 2.22. The molecule has 3 rings (SSSR count). The first kappa shape index (κ1) is 11.5. The van der Waals surface area contributed by atoms with E-state index in [9.17, 15) is 4.79 Å². The maximum absolute atomic E-state index is 11.2. The smallest absolute Gasteiger partial charge is 0.308 e. The summed E-state index contributed by atoms with van der Waals surface area (Å²) in [7, 11) is 0. The Balaban J connectivity index is 2.27. The van der Waals surface area contributed by atoms with Crippen LogP contribution in [0, 0.1) is 0 Å². The summed E-state index contributed by atoms with van der Waals surface area (Å²) in [6, 6.07) is 15.9. The highest BCUT2D eigenvalue weighted by Gasteiger charge is 2.14. The van der Waals surface area contributed by atoms with Crippen LogP contribution in [0.15, 0.2) is 60.9 Å². The normalized spacial score (nSPS) is 10.6. The number of nitrogens with zero attached hydrogens (tertiary/aromatic N) is 1. The van der Waals surface area contributed by atoms with E-state index in [0.717, 1.165) is 16.6 Å². The van der Waals surface area contributed by atoms with Gasteiger partial charge in [0, 0.05) is 13.1 Å². The lowest BCUT2D eigenvalue weighted by Crippen LogP contribution is -2.01. The molecule has 19 heavy (non-hydrogen) atoms. The monoisotopic (exact) mass is 251 g/mol. The first-order chi connectivity index (χ1) is 9.25. The van der Waals surface area contributed by atoms with Gasteiger partial charge in [-0.15, -0.1) is 0 Å². The summed E-state index contributed by atoms with van der Waals surface area (Å²) < 4.78 is 7.28. The molecule has 1 aromatic carbocycles. The highest BCUT2D eigenvalue weighted by atomic mass is 16.5. The van der Waals surface area contributed by atoms with Crippen LogP contribution in [-0.2, 0) is 4.79 Å². The Morgan fingerprint density at radius 1 is 1.05 bits per heavy atom. The average Bonchev–Trinajstić information content (AvgIpc) is 2.76. The SMILES string of the molecule is CC(=O)Oc1cn2ccccc2c1-c1ccccc1. The van der Waals surface area contributed by atoms with Crippen molar-refractivity contribution in [3.8, 4) is 16.9 Å². The van der Waals surface area contributed by atoms with E-state index in [-0.39, 0.29) is 5.97 Å². The van der Waals surface area contributed by atoms with Crippen molar-refractivity contribution < 1.29 is 9.53 Å². The molecule has 0 fully saturated rings. The number of carbonyl (C=O) groups is 1. The molecule has 0 bridgehead atoms. The topological polar surface area (TPSA) is 30.7 Å². The lowest BCUT2D eigenvalue weighted by Gasteiger charge is -2.04. The van der Waals surface area contributed by atoms with Gasteiger partial charge in [0.05, 0.1) is 17.3 Å². The third-order valence-corrected chi connectivity index (χ3v) is 2.97. The lowest BCUT2D eigenvalue weighted by molar-refractivity contribution is -0.131. The second-order valence-electron chi connectivity index (χ2n) is 4.32. The van der Waals surface area contributed by atoms with Crippen LogP contribution < -0.4 is 4.74 Å². The molecule has 0 unspecified atom stereocenters. The standard InChI is InChI=1S/C16H13NO2/c1-12(18)19-15-11-17-10-6-5-9-14(17)16(15)13-7-3-2-4-8-13/h2-11H,1H3. The number of rotatable bonds is 2. The summed E-state index contributed by atoms with van der Waals surface area (Å²) in [5, 5.41) is 0. The van der Waals surface area contributed by atoms with E-state index in [1.54, 1.807) is 0 Å². The van der Waals surface area contributed by atoms with Crippen LogP contribution in [0.1, 0.15) is 6.92 Å². The van der Waals surface area contributed by atoms with Gasteiger partial charge < -0.3 is 9.14 Å². The second-order valence-corrected chi connectivity index (χ2v) is 4.32. The highest BCUT2D eigenvalue weighted by molar-refractivity contribution is 5.88. The number of aromatic nitrogens is 1. The van der Waals surface area contributed by atoms with Crippen molar-refractivity contribution in [3.05, 3.63) is 60.9 Å². The van der Waals surface area contributed by atoms with Gasteiger partial charge in [0.2, 0.25) is 0 Å². The fourth-order valence-electron chi connectivity index (χ4n) is 2.22. The molecule has 3 nitrogen and oxygen atoms in total. The van der Waals surface area contributed by atoms with Crippen LogP contribution >= 0.6 is 0 Å². The molecule has 0 saturated heterocycles. The molecule has 0 aliphatic heterocycles. The van der Waals surface area contributed by atoms with Crippen molar-refractivity contribution in [2.45, 2.75) is 6.92 Å². The van der Waals surface area contributed by atoms with Gasteiger partial charge >= 0.3 is 5.97 Å². The molecule has 0 aliphatic carbocycles. The van der Waals surface area contributed by atoms with Crippen molar-refractivity contribution in [1.29, 1.82) is 0 Å². The molecule has 2 aromatic heterocycles. The average molecular weight is 251 g/mol. The Hall–Kier alpha value is -2.55. The predicted molar refractivity (Wildman–Crippen MR) is 74.1 cm³/mol. The maximum atomic E-state index is 11.2. The zero-order valence-electron chi connectivity index (χ0n) is 10.5. The number of hydrogen-bond donors (Lipinski definition) is 0. The Kier molecular flexibility index (Phi) is 2.80. The number of esters is 1. The summed E-state index contributed by atoms with van der Waals surface area (Å²) in [4.78, 5) is 11.2. The Morgan fingerprint density at radius 2 is 1.79 bits per heavy atom. The molecule has 0 spiro atoms. The molecule has 3 heteroatoms. The lowest BCUT2D eigenvalue weighted by atomic mass is 10.1. The summed E-state index contributed by atoms with van der Waals surface area (Å²) in [5.74, 6) is 0.276. The van der Waals surface area contributed by atoms with Crippen LogP contribution in [0.4, 0.5) is 0 Å². The van der Waals surface area contributed by atoms with E-state index < -0.39 is 0 Å². The summed E-state index contributed by atoms with van der Waals surface area (Å²) in [5.41, 5.74) is 2.99. The van der Waals surface area contributed by atoms with Crippen molar-refractivity contribution in [2.75, 3.05) is 0 Å². The van der Waals surface area contributed by atoms with Crippen LogP contribution in [0.2, 0.25) is 0 Å². The Morgan fingerprint density at radius 3 is 2.53 bits per heavy atom. The molecule has 2 heterocycles. The third-order valence-electron chi connectivity index (χ3n) is 2.97. The number of fused-ring (bicyclic) bond motifs is 1. The Bertz CT molecular complexity index is 729. The van der Waals surface area contributed by atoms with Gasteiger partial charge in [-0.05, 0) is 17.7 Å². The van der Waals surface area contributed by atoms with Gasteiger partial charge in [0.25, 0.3) is 0 Å². The van der Waals surface area contributed by atoms with E-state index in [0.29, 0.717) is 5.75 Å². The molecule has 0 saturated carbocycles. The first-order valence-corrected chi connectivity index (χ1v) is 6.09. The van der Waals surface area contributed by atoms with E-state index >= 15 is 0 Å². The van der Waals surface area contributed by atoms with Gasteiger partial charge in [-0.2, -0.15) is 0 Å². The molecule has 0 amide bonds.